The van der Waals surface area contributed by atoms with Crippen molar-refractivity contribution < 1.29 is 9.21 Å². The molecule has 4 rings (SSSR count). The van der Waals surface area contributed by atoms with E-state index < -0.39 is 0 Å². The molecule has 0 radical (unpaired) electrons. The zero-order valence-electron chi connectivity index (χ0n) is 17.3. The van der Waals surface area contributed by atoms with Crippen molar-refractivity contribution in [2.75, 3.05) is 32.7 Å². The van der Waals surface area contributed by atoms with Gasteiger partial charge in [0.25, 0.3) is 5.91 Å². The van der Waals surface area contributed by atoms with Crippen molar-refractivity contribution in [3.05, 3.63) is 83.1 Å². The van der Waals surface area contributed by atoms with Crippen LogP contribution < -0.4 is 0 Å². The maximum Gasteiger partial charge on any atom is 0.255 e. The molecule has 1 amide bonds. The minimum absolute atomic E-state index is 0.145. The molecule has 3 heterocycles. The molecular formula is C24H29N3O2. The van der Waals surface area contributed by atoms with Crippen LogP contribution in [0.3, 0.4) is 0 Å². The van der Waals surface area contributed by atoms with Crippen LogP contribution in [0, 0.1) is 13.8 Å². The highest BCUT2D eigenvalue weighted by molar-refractivity contribution is 5.95. The zero-order chi connectivity index (χ0) is 20.2. The summed E-state index contributed by atoms with van der Waals surface area (Å²) >= 11 is 0. The van der Waals surface area contributed by atoms with Gasteiger partial charge in [-0.2, -0.15) is 0 Å². The van der Waals surface area contributed by atoms with Gasteiger partial charge >= 0.3 is 0 Å². The second-order valence-corrected chi connectivity index (χ2v) is 7.82. The van der Waals surface area contributed by atoms with Gasteiger partial charge in [-0.1, -0.05) is 30.3 Å². The number of aromatic nitrogens is 1. The molecule has 0 aliphatic carbocycles. The Morgan fingerprint density at radius 2 is 1.76 bits per heavy atom. The van der Waals surface area contributed by atoms with Crippen LogP contribution in [0.25, 0.3) is 0 Å². The minimum Gasteiger partial charge on any atom is -0.467 e. The number of carbonyl (C=O) groups is 1. The van der Waals surface area contributed by atoms with Crippen molar-refractivity contribution in [2.45, 2.75) is 26.8 Å². The summed E-state index contributed by atoms with van der Waals surface area (Å²) in [5.74, 6) is 1.05. The lowest BCUT2D eigenvalue weighted by molar-refractivity contribution is 0.0637. The molecule has 0 bridgehead atoms. The fraction of sp³-hybridized carbons (Fsp3) is 0.375. The third kappa shape index (κ3) is 4.46. The average molecular weight is 392 g/mol. The van der Waals surface area contributed by atoms with E-state index in [2.05, 4.69) is 39.8 Å². The standard InChI is InChI=1S/C24H29N3O2/c1-19-17-23(20(2)27(19)18-22-9-6-16-29-22)24(28)26-14-12-25(13-15-26)11-10-21-7-4-3-5-8-21/h3-9,16-17H,10-15,18H2,1-2H3. The number of hydrogen-bond acceptors (Lipinski definition) is 3. The largest absolute Gasteiger partial charge is 0.467 e. The van der Waals surface area contributed by atoms with Crippen LogP contribution in [-0.4, -0.2) is 53.0 Å². The van der Waals surface area contributed by atoms with Gasteiger partial charge in [-0.3, -0.25) is 9.69 Å². The summed E-state index contributed by atoms with van der Waals surface area (Å²) in [5.41, 5.74) is 4.28. The van der Waals surface area contributed by atoms with Crippen molar-refractivity contribution >= 4 is 5.91 Å². The summed E-state index contributed by atoms with van der Waals surface area (Å²) in [7, 11) is 0. The van der Waals surface area contributed by atoms with Gasteiger partial charge in [0.2, 0.25) is 0 Å². The molecule has 0 spiro atoms. The summed E-state index contributed by atoms with van der Waals surface area (Å²) in [6.07, 6.45) is 2.75. The average Bonchev–Trinajstić information content (AvgIpc) is 3.37. The summed E-state index contributed by atoms with van der Waals surface area (Å²) in [6, 6.07) is 16.5. The SMILES string of the molecule is Cc1cc(C(=O)N2CCN(CCc3ccccc3)CC2)c(C)n1Cc1ccco1. The molecule has 1 saturated heterocycles. The van der Waals surface area contributed by atoms with E-state index in [1.165, 1.54) is 5.56 Å². The van der Waals surface area contributed by atoms with Gasteiger partial charge in [-0.25, -0.2) is 0 Å². The van der Waals surface area contributed by atoms with Crippen LogP contribution in [0.4, 0.5) is 0 Å². The normalized spacial score (nSPS) is 15.0. The van der Waals surface area contributed by atoms with Crippen LogP contribution >= 0.6 is 0 Å². The van der Waals surface area contributed by atoms with E-state index in [0.717, 1.165) is 61.9 Å². The van der Waals surface area contributed by atoms with Gasteiger partial charge < -0.3 is 13.9 Å². The maximum absolute atomic E-state index is 13.1. The lowest BCUT2D eigenvalue weighted by Gasteiger charge is -2.34. The number of furan rings is 1. The summed E-state index contributed by atoms with van der Waals surface area (Å²) in [5, 5.41) is 0. The van der Waals surface area contributed by atoms with E-state index in [-0.39, 0.29) is 5.91 Å². The number of rotatable bonds is 6. The van der Waals surface area contributed by atoms with Gasteiger partial charge in [-0.05, 0) is 44.0 Å². The minimum atomic E-state index is 0.145. The van der Waals surface area contributed by atoms with Gasteiger partial charge in [0.1, 0.15) is 5.76 Å². The molecule has 3 aromatic rings. The fourth-order valence-electron chi connectivity index (χ4n) is 4.10. The first-order valence-electron chi connectivity index (χ1n) is 10.4. The molecule has 0 saturated carbocycles. The Hall–Kier alpha value is -2.79. The third-order valence-electron chi connectivity index (χ3n) is 5.92. The van der Waals surface area contributed by atoms with Crippen molar-refractivity contribution in [1.29, 1.82) is 0 Å². The Labute approximate surface area is 172 Å². The van der Waals surface area contributed by atoms with Crippen LogP contribution in [0.1, 0.15) is 33.1 Å². The molecule has 0 atom stereocenters. The summed E-state index contributed by atoms with van der Waals surface area (Å²) < 4.78 is 7.63. The molecule has 1 aliphatic heterocycles. The molecular weight excluding hydrogens is 362 g/mol. The quantitative estimate of drug-likeness (QED) is 0.643. The highest BCUT2D eigenvalue weighted by Gasteiger charge is 2.25. The Kier molecular flexibility index (Phi) is 5.86. The smallest absolute Gasteiger partial charge is 0.255 e. The first kappa shape index (κ1) is 19.5. The number of piperazine rings is 1. The van der Waals surface area contributed by atoms with Crippen molar-refractivity contribution in [3.8, 4) is 0 Å². The highest BCUT2D eigenvalue weighted by Crippen LogP contribution is 2.20. The van der Waals surface area contributed by atoms with E-state index in [0.29, 0.717) is 6.54 Å². The number of aryl methyl sites for hydroxylation is 1. The Morgan fingerprint density at radius 1 is 1.00 bits per heavy atom. The number of nitrogens with zero attached hydrogens (tertiary/aromatic N) is 3. The molecule has 2 aromatic heterocycles. The first-order valence-corrected chi connectivity index (χ1v) is 10.4. The van der Waals surface area contributed by atoms with Crippen LogP contribution in [0.2, 0.25) is 0 Å². The second kappa shape index (κ2) is 8.70. The topological polar surface area (TPSA) is 41.6 Å². The molecule has 5 heteroatoms. The number of benzene rings is 1. The molecule has 1 aliphatic rings. The van der Waals surface area contributed by atoms with Crippen molar-refractivity contribution in [1.82, 2.24) is 14.4 Å². The van der Waals surface area contributed by atoms with Crippen LogP contribution in [0.15, 0.2) is 59.2 Å². The van der Waals surface area contributed by atoms with Gasteiger partial charge in [0.05, 0.1) is 18.4 Å². The Balaban J connectivity index is 1.35. The molecule has 1 fully saturated rings. The predicted octanol–water partition coefficient (Wildman–Crippen LogP) is 3.75. The summed E-state index contributed by atoms with van der Waals surface area (Å²) in [6.45, 7) is 9.22. The maximum atomic E-state index is 13.1. The molecule has 29 heavy (non-hydrogen) atoms. The van der Waals surface area contributed by atoms with E-state index in [1.54, 1.807) is 6.26 Å². The second-order valence-electron chi connectivity index (χ2n) is 7.82. The summed E-state index contributed by atoms with van der Waals surface area (Å²) in [4.78, 5) is 17.6. The predicted molar refractivity (Wildman–Crippen MR) is 114 cm³/mol. The molecule has 0 unspecified atom stereocenters. The van der Waals surface area contributed by atoms with Crippen LogP contribution in [-0.2, 0) is 13.0 Å². The van der Waals surface area contributed by atoms with E-state index >= 15 is 0 Å². The van der Waals surface area contributed by atoms with Crippen molar-refractivity contribution in [2.24, 2.45) is 0 Å². The zero-order valence-corrected chi connectivity index (χ0v) is 17.3. The monoisotopic (exact) mass is 391 g/mol. The molecule has 5 nitrogen and oxygen atoms in total. The number of carbonyl (C=O) groups excluding carboxylic acids is 1. The van der Waals surface area contributed by atoms with Crippen molar-refractivity contribution in [3.63, 3.8) is 0 Å². The lowest BCUT2D eigenvalue weighted by Crippen LogP contribution is -2.49. The number of hydrogen-bond donors (Lipinski definition) is 0. The van der Waals surface area contributed by atoms with E-state index in [4.69, 9.17) is 4.42 Å². The van der Waals surface area contributed by atoms with E-state index in [9.17, 15) is 4.79 Å². The van der Waals surface area contributed by atoms with Gasteiger partial charge in [0, 0.05) is 44.1 Å². The molecule has 0 N–H and O–H groups in total. The van der Waals surface area contributed by atoms with Crippen LogP contribution in [0.5, 0.6) is 0 Å². The van der Waals surface area contributed by atoms with Gasteiger partial charge in [-0.15, -0.1) is 0 Å². The Morgan fingerprint density at radius 3 is 2.45 bits per heavy atom. The molecule has 152 valence electrons. The fourth-order valence-corrected chi connectivity index (χ4v) is 4.10. The first-order chi connectivity index (χ1) is 14.1. The van der Waals surface area contributed by atoms with Gasteiger partial charge in [0.15, 0.2) is 0 Å². The highest BCUT2D eigenvalue weighted by atomic mass is 16.3. The third-order valence-corrected chi connectivity index (χ3v) is 5.92. The van der Waals surface area contributed by atoms with E-state index in [1.807, 2.05) is 36.9 Å². The molecule has 1 aromatic carbocycles. The number of amides is 1. The Bertz CT molecular complexity index is 936. The lowest BCUT2D eigenvalue weighted by atomic mass is 10.1.